The first-order valence-electron chi connectivity index (χ1n) is 4.36. The molecule has 0 radical (unpaired) electrons. The SMILES string of the molecule is CC[C@H](Cc1ncc(F)cn1)S(=O)(=O)O. The molecule has 1 heterocycles. The molecule has 1 aromatic heterocycles. The summed E-state index contributed by atoms with van der Waals surface area (Å²) >= 11 is 0. The molecular formula is C8H11FN2O3S. The van der Waals surface area contributed by atoms with Crippen LogP contribution in [0.15, 0.2) is 12.4 Å². The monoisotopic (exact) mass is 234 g/mol. The molecule has 0 fully saturated rings. The van der Waals surface area contributed by atoms with Crippen molar-refractivity contribution >= 4 is 10.1 Å². The van der Waals surface area contributed by atoms with Crippen LogP contribution in [0, 0.1) is 5.82 Å². The predicted octanol–water partition coefficient (Wildman–Crippen LogP) is 0.825. The van der Waals surface area contributed by atoms with Crippen molar-refractivity contribution in [2.24, 2.45) is 0 Å². The lowest BCUT2D eigenvalue weighted by atomic mass is 10.2. The second kappa shape index (κ2) is 4.63. The van der Waals surface area contributed by atoms with E-state index in [1.807, 2.05) is 0 Å². The molecule has 7 heteroatoms. The molecule has 0 amide bonds. The predicted molar refractivity (Wildman–Crippen MR) is 51.3 cm³/mol. The molecule has 0 spiro atoms. The molecule has 84 valence electrons. The Hall–Kier alpha value is -1.08. The molecule has 1 rings (SSSR count). The fraction of sp³-hybridized carbons (Fsp3) is 0.500. The number of hydrogen-bond acceptors (Lipinski definition) is 4. The largest absolute Gasteiger partial charge is 0.285 e. The van der Waals surface area contributed by atoms with E-state index in [1.54, 1.807) is 6.92 Å². The van der Waals surface area contributed by atoms with Gasteiger partial charge in [0.05, 0.1) is 17.6 Å². The topological polar surface area (TPSA) is 80.2 Å². The Morgan fingerprint density at radius 1 is 1.47 bits per heavy atom. The van der Waals surface area contributed by atoms with E-state index in [4.69, 9.17) is 4.55 Å². The molecule has 0 aliphatic carbocycles. The zero-order valence-corrected chi connectivity index (χ0v) is 8.91. The van der Waals surface area contributed by atoms with E-state index in [2.05, 4.69) is 9.97 Å². The highest BCUT2D eigenvalue weighted by Gasteiger charge is 2.22. The fourth-order valence-corrected chi connectivity index (χ4v) is 1.89. The molecule has 0 aliphatic heterocycles. The molecule has 0 aromatic carbocycles. The Labute approximate surface area is 87.1 Å². The minimum absolute atomic E-state index is 0.0182. The number of rotatable bonds is 4. The van der Waals surface area contributed by atoms with Crippen LogP contribution < -0.4 is 0 Å². The van der Waals surface area contributed by atoms with Gasteiger partial charge in [-0.3, -0.25) is 4.55 Å². The van der Waals surface area contributed by atoms with Crippen LogP contribution in [-0.4, -0.2) is 28.2 Å². The van der Waals surface area contributed by atoms with E-state index in [9.17, 15) is 12.8 Å². The Kier molecular flexibility index (Phi) is 3.70. The van der Waals surface area contributed by atoms with Crippen molar-refractivity contribution in [3.63, 3.8) is 0 Å². The first-order valence-corrected chi connectivity index (χ1v) is 5.86. The van der Waals surface area contributed by atoms with E-state index in [0.717, 1.165) is 12.4 Å². The lowest BCUT2D eigenvalue weighted by Crippen LogP contribution is -2.23. The van der Waals surface area contributed by atoms with Crippen LogP contribution >= 0.6 is 0 Å². The average Bonchev–Trinajstić information content (AvgIpc) is 2.15. The van der Waals surface area contributed by atoms with Crippen LogP contribution in [0.4, 0.5) is 4.39 Å². The van der Waals surface area contributed by atoms with Crippen LogP contribution in [0.1, 0.15) is 19.2 Å². The third-order valence-electron chi connectivity index (χ3n) is 1.96. The standard InChI is InChI=1S/C8H11FN2O3S/c1-2-7(15(12,13)14)3-8-10-4-6(9)5-11-8/h4-5,7H,2-3H2,1H3,(H,12,13,14)/t7-/m1/s1. The third kappa shape index (κ3) is 3.52. The van der Waals surface area contributed by atoms with Crippen molar-refractivity contribution in [3.8, 4) is 0 Å². The van der Waals surface area contributed by atoms with Gasteiger partial charge in [0.1, 0.15) is 5.82 Å². The second-order valence-corrected chi connectivity index (χ2v) is 4.76. The molecule has 0 saturated heterocycles. The summed E-state index contributed by atoms with van der Waals surface area (Å²) in [5, 5.41) is -0.942. The van der Waals surface area contributed by atoms with Gasteiger partial charge in [0, 0.05) is 6.42 Å². The first kappa shape index (κ1) is 12.0. The van der Waals surface area contributed by atoms with Crippen molar-refractivity contribution in [2.45, 2.75) is 25.0 Å². The van der Waals surface area contributed by atoms with Crippen LogP contribution in [0.25, 0.3) is 0 Å². The summed E-state index contributed by atoms with van der Waals surface area (Å²) in [5.41, 5.74) is 0. The van der Waals surface area contributed by atoms with Crippen molar-refractivity contribution in [3.05, 3.63) is 24.0 Å². The van der Waals surface area contributed by atoms with Gasteiger partial charge in [0.2, 0.25) is 0 Å². The van der Waals surface area contributed by atoms with E-state index in [1.165, 1.54) is 0 Å². The quantitative estimate of drug-likeness (QED) is 0.780. The van der Waals surface area contributed by atoms with Crippen molar-refractivity contribution in [1.82, 2.24) is 9.97 Å². The molecule has 15 heavy (non-hydrogen) atoms. The highest BCUT2D eigenvalue weighted by atomic mass is 32.2. The zero-order chi connectivity index (χ0) is 11.5. The maximum absolute atomic E-state index is 12.4. The van der Waals surface area contributed by atoms with Crippen molar-refractivity contribution in [1.29, 1.82) is 0 Å². The molecule has 5 nitrogen and oxygen atoms in total. The fourth-order valence-electron chi connectivity index (χ4n) is 1.11. The van der Waals surface area contributed by atoms with Crippen LogP contribution in [0.2, 0.25) is 0 Å². The lowest BCUT2D eigenvalue weighted by Gasteiger charge is -2.09. The molecule has 1 N–H and O–H groups in total. The average molecular weight is 234 g/mol. The summed E-state index contributed by atoms with van der Waals surface area (Å²) in [4.78, 5) is 7.24. The smallest absolute Gasteiger partial charge is 0.268 e. The van der Waals surface area contributed by atoms with Gasteiger partial charge in [0.25, 0.3) is 10.1 Å². The maximum atomic E-state index is 12.4. The number of halogens is 1. The number of nitrogens with zero attached hydrogens (tertiary/aromatic N) is 2. The molecule has 0 bridgehead atoms. The van der Waals surface area contributed by atoms with Gasteiger partial charge in [-0.25, -0.2) is 14.4 Å². The van der Waals surface area contributed by atoms with Crippen molar-refractivity contribution < 1.29 is 17.4 Å². The Balaban J connectivity index is 2.80. The summed E-state index contributed by atoms with van der Waals surface area (Å²) in [7, 11) is -4.10. The van der Waals surface area contributed by atoms with E-state index < -0.39 is 21.2 Å². The van der Waals surface area contributed by atoms with Gasteiger partial charge in [0.15, 0.2) is 5.82 Å². The molecule has 0 unspecified atom stereocenters. The molecule has 1 atom stereocenters. The van der Waals surface area contributed by atoms with Gasteiger partial charge >= 0.3 is 0 Å². The van der Waals surface area contributed by atoms with Gasteiger partial charge in [-0.2, -0.15) is 8.42 Å². The minimum Gasteiger partial charge on any atom is -0.285 e. The molecule has 0 saturated carbocycles. The number of aromatic nitrogens is 2. The number of hydrogen-bond donors (Lipinski definition) is 1. The van der Waals surface area contributed by atoms with Crippen LogP contribution in [0.3, 0.4) is 0 Å². The van der Waals surface area contributed by atoms with E-state index in [0.29, 0.717) is 0 Å². The zero-order valence-electron chi connectivity index (χ0n) is 8.09. The minimum atomic E-state index is -4.10. The highest BCUT2D eigenvalue weighted by Crippen LogP contribution is 2.09. The highest BCUT2D eigenvalue weighted by molar-refractivity contribution is 7.86. The maximum Gasteiger partial charge on any atom is 0.268 e. The Morgan fingerprint density at radius 3 is 2.40 bits per heavy atom. The van der Waals surface area contributed by atoms with Crippen LogP contribution in [0.5, 0.6) is 0 Å². The first-order chi connectivity index (χ1) is 6.93. The summed E-state index contributed by atoms with van der Waals surface area (Å²) in [6.45, 7) is 1.63. The molecular weight excluding hydrogens is 223 g/mol. The summed E-state index contributed by atoms with van der Waals surface area (Å²) in [6, 6.07) is 0. The lowest BCUT2D eigenvalue weighted by molar-refractivity contribution is 0.461. The van der Waals surface area contributed by atoms with Gasteiger partial charge in [-0.1, -0.05) is 6.92 Å². The Morgan fingerprint density at radius 2 is 2.00 bits per heavy atom. The molecule has 1 aromatic rings. The Bertz CT molecular complexity index is 418. The summed E-state index contributed by atoms with van der Waals surface area (Å²) in [5.74, 6) is -0.389. The second-order valence-electron chi connectivity index (χ2n) is 3.07. The third-order valence-corrected chi connectivity index (χ3v) is 3.30. The van der Waals surface area contributed by atoms with E-state index in [-0.39, 0.29) is 18.7 Å². The van der Waals surface area contributed by atoms with Gasteiger partial charge in [-0.15, -0.1) is 0 Å². The van der Waals surface area contributed by atoms with Crippen molar-refractivity contribution in [2.75, 3.05) is 0 Å². The van der Waals surface area contributed by atoms with Gasteiger partial charge in [-0.05, 0) is 6.42 Å². The summed E-state index contributed by atoms with van der Waals surface area (Å²) < 4.78 is 43.0. The molecule has 0 aliphatic rings. The van der Waals surface area contributed by atoms with Gasteiger partial charge < -0.3 is 0 Å². The normalized spacial score (nSPS) is 13.8. The van der Waals surface area contributed by atoms with Crippen LogP contribution in [-0.2, 0) is 16.5 Å². The summed E-state index contributed by atoms with van der Waals surface area (Å²) in [6.07, 6.45) is 2.15. The van der Waals surface area contributed by atoms with E-state index >= 15 is 0 Å².